The van der Waals surface area contributed by atoms with Gasteiger partial charge < -0.3 is 15.4 Å². The van der Waals surface area contributed by atoms with E-state index in [-0.39, 0.29) is 24.0 Å². The number of pyridine rings is 1. The van der Waals surface area contributed by atoms with Crippen LogP contribution in [-0.4, -0.2) is 23.7 Å². The molecule has 5 nitrogen and oxygen atoms in total. The van der Waals surface area contributed by atoms with Crippen LogP contribution in [0.25, 0.3) is 0 Å². The SMILES string of the molecule is Cc1ccc(CNC(=O)N[C@H](c2ccc(F)cc2)[C@H]2CCCO2)cn1. The summed E-state index contributed by atoms with van der Waals surface area (Å²) in [4.78, 5) is 16.5. The fraction of sp³-hybridized carbons (Fsp3) is 0.368. The number of benzene rings is 1. The lowest BCUT2D eigenvalue weighted by Crippen LogP contribution is -2.42. The van der Waals surface area contributed by atoms with E-state index >= 15 is 0 Å². The van der Waals surface area contributed by atoms with E-state index in [1.54, 1.807) is 18.3 Å². The number of carbonyl (C=O) groups is 1. The second-order valence-corrected chi connectivity index (χ2v) is 6.22. The molecule has 0 bridgehead atoms. The summed E-state index contributed by atoms with van der Waals surface area (Å²) in [5.41, 5.74) is 2.69. The van der Waals surface area contributed by atoms with E-state index in [0.717, 1.165) is 29.7 Å². The van der Waals surface area contributed by atoms with Crippen molar-refractivity contribution in [1.29, 1.82) is 0 Å². The fourth-order valence-corrected chi connectivity index (χ4v) is 2.90. The largest absolute Gasteiger partial charge is 0.376 e. The van der Waals surface area contributed by atoms with Gasteiger partial charge in [-0.3, -0.25) is 4.98 Å². The van der Waals surface area contributed by atoms with E-state index in [1.807, 2.05) is 19.1 Å². The van der Waals surface area contributed by atoms with Crippen LogP contribution in [0.1, 0.15) is 35.7 Å². The van der Waals surface area contributed by atoms with Crippen molar-refractivity contribution in [2.75, 3.05) is 6.61 Å². The molecule has 0 unspecified atom stereocenters. The van der Waals surface area contributed by atoms with Gasteiger partial charge in [0.05, 0.1) is 12.1 Å². The van der Waals surface area contributed by atoms with Crippen LogP contribution in [0.4, 0.5) is 9.18 Å². The molecule has 0 aliphatic carbocycles. The number of hydrogen-bond donors (Lipinski definition) is 2. The predicted molar refractivity (Wildman–Crippen MR) is 92.5 cm³/mol. The summed E-state index contributed by atoms with van der Waals surface area (Å²) in [6.07, 6.45) is 3.47. The first-order valence-corrected chi connectivity index (χ1v) is 8.45. The Bertz CT molecular complexity index is 698. The Hall–Kier alpha value is -2.47. The van der Waals surface area contributed by atoms with Crippen LogP contribution in [0.2, 0.25) is 0 Å². The first-order chi connectivity index (χ1) is 12.1. The van der Waals surface area contributed by atoms with Gasteiger partial charge in [-0.25, -0.2) is 9.18 Å². The third-order valence-corrected chi connectivity index (χ3v) is 4.28. The van der Waals surface area contributed by atoms with Crippen molar-refractivity contribution < 1.29 is 13.9 Å². The van der Waals surface area contributed by atoms with Crippen LogP contribution in [-0.2, 0) is 11.3 Å². The fourth-order valence-electron chi connectivity index (χ4n) is 2.90. The smallest absolute Gasteiger partial charge is 0.315 e. The molecule has 2 amide bonds. The lowest BCUT2D eigenvalue weighted by molar-refractivity contribution is 0.0807. The standard InChI is InChI=1S/C19H22FN3O2/c1-13-4-5-14(11-21-13)12-22-19(24)23-18(17-3-2-10-25-17)15-6-8-16(20)9-7-15/h4-9,11,17-18H,2-3,10,12H2,1H3,(H2,22,23,24)/t17-,18-/m1/s1. The maximum absolute atomic E-state index is 13.2. The zero-order valence-electron chi connectivity index (χ0n) is 14.2. The Labute approximate surface area is 146 Å². The minimum Gasteiger partial charge on any atom is -0.376 e. The van der Waals surface area contributed by atoms with Gasteiger partial charge in [-0.1, -0.05) is 18.2 Å². The number of carbonyl (C=O) groups excluding carboxylic acids is 1. The van der Waals surface area contributed by atoms with Crippen molar-refractivity contribution in [3.8, 4) is 0 Å². The summed E-state index contributed by atoms with van der Waals surface area (Å²) in [5.74, 6) is -0.300. The second kappa shape index (κ2) is 8.07. The highest BCUT2D eigenvalue weighted by atomic mass is 19.1. The van der Waals surface area contributed by atoms with E-state index in [0.29, 0.717) is 13.2 Å². The van der Waals surface area contributed by atoms with Crippen molar-refractivity contribution in [3.63, 3.8) is 0 Å². The molecule has 1 aromatic heterocycles. The molecule has 6 heteroatoms. The number of aromatic nitrogens is 1. The van der Waals surface area contributed by atoms with E-state index < -0.39 is 0 Å². The summed E-state index contributed by atoms with van der Waals surface area (Å²) in [7, 11) is 0. The van der Waals surface area contributed by atoms with Crippen molar-refractivity contribution in [1.82, 2.24) is 15.6 Å². The average Bonchev–Trinajstić information content (AvgIpc) is 3.14. The van der Waals surface area contributed by atoms with Gasteiger partial charge in [-0.05, 0) is 49.1 Å². The first-order valence-electron chi connectivity index (χ1n) is 8.45. The van der Waals surface area contributed by atoms with E-state index in [9.17, 15) is 9.18 Å². The highest BCUT2D eigenvalue weighted by molar-refractivity contribution is 5.74. The molecule has 1 saturated heterocycles. The van der Waals surface area contributed by atoms with Gasteiger partial charge in [-0.2, -0.15) is 0 Å². The molecule has 2 heterocycles. The van der Waals surface area contributed by atoms with Gasteiger partial charge in [0.15, 0.2) is 0 Å². The van der Waals surface area contributed by atoms with E-state index in [2.05, 4.69) is 15.6 Å². The molecule has 25 heavy (non-hydrogen) atoms. The van der Waals surface area contributed by atoms with Gasteiger partial charge in [0.25, 0.3) is 0 Å². The highest BCUT2D eigenvalue weighted by Crippen LogP contribution is 2.27. The van der Waals surface area contributed by atoms with Crippen LogP contribution in [0, 0.1) is 12.7 Å². The molecule has 1 fully saturated rings. The first kappa shape index (κ1) is 17.4. The number of rotatable bonds is 5. The van der Waals surface area contributed by atoms with Crippen molar-refractivity contribution in [3.05, 3.63) is 65.2 Å². The summed E-state index contributed by atoms with van der Waals surface area (Å²) < 4.78 is 18.9. The molecular weight excluding hydrogens is 321 g/mol. The number of urea groups is 1. The number of amides is 2. The van der Waals surface area contributed by atoms with Gasteiger partial charge in [0.1, 0.15) is 5.82 Å². The molecular formula is C19H22FN3O2. The molecule has 3 rings (SSSR count). The van der Waals surface area contributed by atoms with Gasteiger partial charge in [-0.15, -0.1) is 0 Å². The lowest BCUT2D eigenvalue weighted by atomic mass is 9.99. The van der Waals surface area contributed by atoms with Crippen LogP contribution in [0.3, 0.4) is 0 Å². The van der Waals surface area contributed by atoms with Crippen molar-refractivity contribution in [2.24, 2.45) is 0 Å². The summed E-state index contributed by atoms with van der Waals surface area (Å²) in [6.45, 7) is 2.99. The molecule has 1 aliphatic rings. The normalized spacial score (nSPS) is 17.9. The van der Waals surface area contributed by atoms with Gasteiger partial charge in [0, 0.05) is 25.0 Å². The Morgan fingerprint density at radius 3 is 2.76 bits per heavy atom. The lowest BCUT2D eigenvalue weighted by Gasteiger charge is -2.25. The number of ether oxygens (including phenoxy) is 1. The Balaban J connectivity index is 1.63. The minimum atomic E-state index is -0.306. The van der Waals surface area contributed by atoms with E-state index in [1.165, 1.54) is 12.1 Å². The Morgan fingerprint density at radius 2 is 2.12 bits per heavy atom. The number of hydrogen-bond acceptors (Lipinski definition) is 3. The number of aryl methyl sites for hydroxylation is 1. The quantitative estimate of drug-likeness (QED) is 0.876. The molecule has 0 saturated carbocycles. The molecule has 132 valence electrons. The molecule has 1 aromatic carbocycles. The number of nitrogens with one attached hydrogen (secondary N) is 2. The number of halogens is 1. The molecule has 0 spiro atoms. The molecule has 2 aromatic rings. The maximum Gasteiger partial charge on any atom is 0.315 e. The highest BCUT2D eigenvalue weighted by Gasteiger charge is 2.28. The van der Waals surface area contributed by atoms with Crippen LogP contribution in [0.5, 0.6) is 0 Å². The third kappa shape index (κ3) is 4.76. The topological polar surface area (TPSA) is 63.2 Å². The van der Waals surface area contributed by atoms with Crippen LogP contribution < -0.4 is 10.6 Å². The molecule has 1 aliphatic heterocycles. The minimum absolute atomic E-state index is 0.0998. The predicted octanol–water partition coefficient (Wildman–Crippen LogP) is 3.25. The Morgan fingerprint density at radius 1 is 1.32 bits per heavy atom. The van der Waals surface area contributed by atoms with Gasteiger partial charge >= 0.3 is 6.03 Å². The molecule has 2 N–H and O–H groups in total. The van der Waals surface area contributed by atoms with Crippen LogP contribution in [0.15, 0.2) is 42.6 Å². The third-order valence-electron chi connectivity index (χ3n) is 4.28. The molecule has 0 radical (unpaired) electrons. The maximum atomic E-state index is 13.2. The second-order valence-electron chi connectivity index (χ2n) is 6.22. The summed E-state index contributed by atoms with van der Waals surface area (Å²) in [5, 5.41) is 5.79. The molecule has 2 atom stereocenters. The zero-order chi connectivity index (χ0) is 17.6. The van der Waals surface area contributed by atoms with Gasteiger partial charge in [0.2, 0.25) is 0 Å². The van der Waals surface area contributed by atoms with E-state index in [4.69, 9.17) is 4.74 Å². The zero-order valence-corrected chi connectivity index (χ0v) is 14.2. The monoisotopic (exact) mass is 343 g/mol. The van der Waals surface area contributed by atoms with Crippen molar-refractivity contribution in [2.45, 2.75) is 38.5 Å². The Kier molecular flexibility index (Phi) is 5.60. The van der Waals surface area contributed by atoms with Crippen LogP contribution >= 0.6 is 0 Å². The summed E-state index contributed by atoms with van der Waals surface area (Å²) in [6, 6.07) is 9.41. The summed E-state index contributed by atoms with van der Waals surface area (Å²) >= 11 is 0. The van der Waals surface area contributed by atoms with Crippen molar-refractivity contribution >= 4 is 6.03 Å². The average molecular weight is 343 g/mol. The number of nitrogens with zero attached hydrogens (tertiary/aromatic N) is 1.